The van der Waals surface area contributed by atoms with Gasteiger partial charge in [-0.2, -0.15) is 0 Å². The van der Waals surface area contributed by atoms with Gasteiger partial charge in [-0.1, -0.05) is 27.7 Å². The van der Waals surface area contributed by atoms with Crippen molar-refractivity contribution in [1.82, 2.24) is 0 Å². The lowest BCUT2D eigenvalue weighted by Gasteiger charge is -2.25. The molecule has 6 N–H and O–H groups in total. The molecular formula is C17H40N2O6P2S2. The first kappa shape index (κ1) is 29.6. The van der Waals surface area contributed by atoms with E-state index in [9.17, 15) is 27.3 Å². The summed E-state index contributed by atoms with van der Waals surface area (Å²) in [5.74, 6) is 2.03. The van der Waals surface area contributed by atoms with Crippen LogP contribution < -0.4 is 11.0 Å². The van der Waals surface area contributed by atoms with Crippen LogP contribution in [0.2, 0.25) is 0 Å². The Kier molecular flexibility index (Phi) is 12.8. The maximum absolute atomic E-state index is 12.1. The normalized spacial score (nSPS) is 19.3. The van der Waals surface area contributed by atoms with E-state index in [4.69, 9.17) is 11.0 Å². The molecule has 0 aliphatic rings. The summed E-state index contributed by atoms with van der Waals surface area (Å²) in [6, 6.07) is 0. The third kappa shape index (κ3) is 19.0. The van der Waals surface area contributed by atoms with E-state index in [-0.39, 0.29) is 23.2 Å². The SMILES string of the molecule is CC(C)(CCCS(=O)CCCS(=O)CCCC(C)(C)CP(N)(=O)O)CP(N)(=O)O. The topological polar surface area (TPSA) is 161 Å². The molecule has 0 rings (SSSR count). The van der Waals surface area contributed by atoms with Gasteiger partial charge in [0.1, 0.15) is 0 Å². The fourth-order valence-corrected chi connectivity index (χ4v) is 8.62. The summed E-state index contributed by atoms with van der Waals surface area (Å²) in [6.07, 6.45) is 3.43. The number of nitrogens with two attached hydrogens (primary N) is 2. The highest BCUT2D eigenvalue weighted by atomic mass is 32.2. The van der Waals surface area contributed by atoms with Crippen LogP contribution in [-0.4, -0.2) is 53.5 Å². The summed E-state index contributed by atoms with van der Waals surface area (Å²) in [5, 5.41) is 0. The zero-order valence-corrected chi connectivity index (χ0v) is 21.6. The van der Waals surface area contributed by atoms with Gasteiger partial charge in [0.05, 0.1) is 0 Å². The van der Waals surface area contributed by atoms with Gasteiger partial charge in [0.25, 0.3) is 15.0 Å². The molecule has 29 heavy (non-hydrogen) atoms. The van der Waals surface area contributed by atoms with Crippen molar-refractivity contribution < 1.29 is 27.3 Å². The second-order valence-electron chi connectivity index (χ2n) is 9.41. The third-order valence-corrected chi connectivity index (χ3v) is 10.1. The van der Waals surface area contributed by atoms with Crippen molar-refractivity contribution in [2.24, 2.45) is 21.8 Å². The van der Waals surface area contributed by atoms with Gasteiger partial charge in [0, 0.05) is 56.9 Å². The van der Waals surface area contributed by atoms with Crippen LogP contribution in [0.4, 0.5) is 0 Å². The van der Waals surface area contributed by atoms with Crippen molar-refractivity contribution in [2.45, 2.75) is 59.8 Å². The van der Waals surface area contributed by atoms with E-state index < -0.39 is 36.6 Å². The van der Waals surface area contributed by atoms with E-state index in [1.54, 1.807) is 0 Å². The molecule has 0 bridgehead atoms. The minimum atomic E-state index is -3.55. The summed E-state index contributed by atoms with van der Waals surface area (Å²) < 4.78 is 46.9. The lowest BCUT2D eigenvalue weighted by molar-refractivity contribution is 0.356. The molecule has 0 aliphatic carbocycles. The van der Waals surface area contributed by atoms with E-state index >= 15 is 0 Å². The molecule has 176 valence electrons. The summed E-state index contributed by atoms with van der Waals surface area (Å²) in [7, 11) is -9.10. The average molecular weight is 495 g/mol. The molecule has 0 aromatic carbocycles. The molecule has 4 unspecified atom stereocenters. The number of rotatable bonds is 16. The predicted octanol–water partition coefficient (Wildman–Crippen LogP) is 2.77. The van der Waals surface area contributed by atoms with E-state index in [2.05, 4.69) is 0 Å². The van der Waals surface area contributed by atoms with Gasteiger partial charge >= 0.3 is 0 Å². The average Bonchev–Trinajstić information content (AvgIpc) is 2.41. The van der Waals surface area contributed by atoms with Gasteiger partial charge in [0.2, 0.25) is 0 Å². The highest BCUT2D eigenvalue weighted by molar-refractivity contribution is 7.85. The van der Waals surface area contributed by atoms with Crippen LogP contribution in [0.5, 0.6) is 0 Å². The smallest absolute Gasteiger partial charge is 0.265 e. The summed E-state index contributed by atoms with van der Waals surface area (Å²) >= 11 is 0. The second-order valence-corrected chi connectivity index (χ2v) is 16.5. The molecule has 0 heterocycles. The molecule has 0 spiro atoms. The van der Waals surface area contributed by atoms with Crippen LogP contribution in [0.3, 0.4) is 0 Å². The van der Waals surface area contributed by atoms with E-state index in [1.165, 1.54) is 0 Å². The lowest BCUT2D eigenvalue weighted by Crippen LogP contribution is -2.21. The Morgan fingerprint density at radius 3 is 1.24 bits per heavy atom. The minimum absolute atomic E-state index is 0.0452. The minimum Gasteiger partial charge on any atom is -0.333 e. The van der Waals surface area contributed by atoms with Crippen LogP contribution in [-0.2, 0) is 30.7 Å². The molecule has 0 aliphatic heterocycles. The molecule has 0 amide bonds. The summed E-state index contributed by atoms with van der Waals surface area (Å²) in [6.45, 7) is 7.51. The first-order valence-corrected chi connectivity index (χ1v) is 16.6. The van der Waals surface area contributed by atoms with E-state index in [1.807, 2.05) is 27.7 Å². The zero-order valence-electron chi connectivity index (χ0n) is 18.2. The quantitative estimate of drug-likeness (QED) is 0.238. The van der Waals surface area contributed by atoms with Crippen LogP contribution in [0.1, 0.15) is 59.8 Å². The Morgan fingerprint density at radius 2 is 0.966 bits per heavy atom. The van der Waals surface area contributed by atoms with Crippen molar-refractivity contribution in [3.05, 3.63) is 0 Å². The second kappa shape index (κ2) is 12.6. The van der Waals surface area contributed by atoms with Crippen molar-refractivity contribution >= 4 is 36.6 Å². The fourth-order valence-electron chi connectivity index (χ4n) is 3.39. The highest BCUT2D eigenvalue weighted by Gasteiger charge is 2.27. The molecule has 0 saturated carbocycles. The fraction of sp³-hybridized carbons (Fsp3) is 1.00. The van der Waals surface area contributed by atoms with Crippen molar-refractivity contribution in [3.8, 4) is 0 Å². The molecule has 0 aromatic heterocycles. The van der Waals surface area contributed by atoms with Crippen LogP contribution in [0.25, 0.3) is 0 Å². The van der Waals surface area contributed by atoms with Crippen LogP contribution >= 0.6 is 15.0 Å². The monoisotopic (exact) mass is 494 g/mol. The van der Waals surface area contributed by atoms with Crippen molar-refractivity contribution in [2.75, 3.05) is 35.3 Å². The van der Waals surface area contributed by atoms with Crippen molar-refractivity contribution in [1.29, 1.82) is 0 Å². The molecule has 8 nitrogen and oxygen atoms in total. The molecule has 0 radical (unpaired) electrons. The Labute approximate surface area is 180 Å². The molecule has 0 fully saturated rings. The predicted molar refractivity (Wildman–Crippen MR) is 124 cm³/mol. The maximum atomic E-state index is 12.1. The van der Waals surface area contributed by atoms with Gasteiger partial charge in [-0.3, -0.25) is 28.6 Å². The van der Waals surface area contributed by atoms with Gasteiger partial charge in [-0.15, -0.1) is 0 Å². The van der Waals surface area contributed by atoms with E-state index in [0.29, 0.717) is 55.1 Å². The molecule has 0 saturated heterocycles. The molecule has 12 heteroatoms. The lowest BCUT2D eigenvalue weighted by atomic mass is 9.91. The molecule has 4 atom stereocenters. The first-order chi connectivity index (χ1) is 12.9. The van der Waals surface area contributed by atoms with Crippen molar-refractivity contribution in [3.63, 3.8) is 0 Å². The van der Waals surface area contributed by atoms with E-state index in [0.717, 1.165) is 0 Å². The Hall–Kier alpha value is 0.600. The maximum Gasteiger partial charge on any atom is 0.265 e. The largest absolute Gasteiger partial charge is 0.333 e. The summed E-state index contributed by atoms with van der Waals surface area (Å²) in [5.41, 5.74) is 9.71. The van der Waals surface area contributed by atoms with Gasteiger partial charge in [-0.05, 0) is 42.9 Å². The van der Waals surface area contributed by atoms with Gasteiger partial charge in [-0.25, -0.2) is 0 Å². The van der Waals surface area contributed by atoms with Crippen LogP contribution in [0, 0.1) is 10.8 Å². The summed E-state index contributed by atoms with van der Waals surface area (Å²) in [4.78, 5) is 18.6. The Morgan fingerprint density at radius 1 is 0.690 bits per heavy atom. The number of hydrogen-bond donors (Lipinski definition) is 4. The Bertz CT molecular complexity index is 592. The molecule has 0 aromatic rings. The Balaban J connectivity index is 3.98. The standard InChI is InChI=1S/C17H40N2O6P2S2/c1-16(2,14-26(18,20)21)8-5-10-28(24)12-7-13-29(25)11-6-9-17(3,4)15-27(19,22)23/h5-15H2,1-4H3,(H3,18,20,21)(H3,19,22,23). The van der Waals surface area contributed by atoms with Gasteiger partial charge in [0.15, 0.2) is 0 Å². The number of hydrogen-bond acceptors (Lipinski definition) is 4. The van der Waals surface area contributed by atoms with Gasteiger partial charge < -0.3 is 9.79 Å². The third-order valence-electron chi connectivity index (χ3n) is 4.50. The first-order valence-electron chi connectivity index (χ1n) is 9.82. The molecular weight excluding hydrogens is 454 g/mol. The highest BCUT2D eigenvalue weighted by Crippen LogP contribution is 2.41. The van der Waals surface area contributed by atoms with Crippen LogP contribution in [0.15, 0.2) is 0 Å². The zero-order chi connectivity index (χ0) is 22.9.